The Morgan fingerprint density at radius 3 is 2.55 bits per heavy atom. The van der Waals surface area contributed by atoms with Crippen molar-refractivity contribution in [3.8, 4) is 0 Å². The molecule has 2 aromatic carbocycles. The Balaban J connectivity index is 2.17. The Labute approximate surface area is 123 Å². The van der Waals surface area contributed by atoms with E-state index in [1.165, 1.54) is 18.2 Å². The predicted molar refractivity (Wildman–Crippen MR) is 79.1 cm³/mol. The first-order valence-electron chi connectivity index (χ1n) is 6.40. The van der Waals surface area contributed by atoms with Gasteiger partial charge in [-0.05, 0) is 36.2 Å². The summed E-state index contributed by atoms with van der Waals surface area (Å²) in [5.74, 6) is -0.323. The van der Waals surface area contributed by atoms with Crippen molar-refractivity contribution in [2.75, 3.05) is 6.61 Å². The number of aliphatic hydroxyl groups is 1. The van der Waals surface area contributed by atoms with E-state index in [-0.39, 0.29) is 12.4 Å². The van der Waals surface area contributed by atoms with Crippen LogP contribution in [0.2, 0.25) is 5.02 Å². The first-order chi connectivity index (χ1) is 9.55. The van der Waals surface area contributed by atoms with Crippen molar-refractivity contribution in [2.24, 2.45) is 0 Å². The van der Waals surface area contributed by atoms with E-state index in [0.717, 1.165) is 5.56 Å². The maximum atomic E-state index is 13.2. The number of halogens is 2. The summed E-state index contributed by atoms with van der Waals surface area (Å²) in [6, 6.07) is 13.9. The van der Waals surface area contributed by atoms with Gasteiger partial charge in [0.2, 0.25) is 0 Å². The molecule has 2 nitrogen and oxygen atoms in total. The third kappa shape index (κ3) is 3.37. The molecule has 2 N–H and O–H groups in total. The lowest BCUT2D eigenvalue weighted by Crippen LogP contribution is -2.42. The number of nitrogens with one attached hydrogen (secondary N) is 1. The summed E-state index contributed by atoms with van der Waals surface area (Å²) in [5, 5.41) is 13.4. The van der Waals surface area contributed by atoms with E-state index in [1.807, 2.05) is 37.3 Å². The van der Waals surface area contributed by atoms with Crippen molar-refractivity contribution in [1.82, 2.24) is 5.32 Å². The average Bonchev–Trinajstić information content (AvgIpc) is 2.49. The molecule has 2 aromatic rings. The van der Waals surface area contributed by atoms with Crippen LogP contribution in [0, 0.1) is 5.82 Å². The van der Waals surface area contributed by atoms with Gasteiger partial charge in [-0.1, -0.05) is 41.9 Å². The van der Waals surface area contributed by atoms with Crippen LogP contribution in [-0.4, -0.2) is 11.7 Å². The zero-order valence-corrected chi connectivity index (χ0v) is 12.0. The average molecular weight is 294 g/mol. The molecule has 0 fully saturated rings. The molecule has 0 spiro atoms. The van der Waals surface area contributed by atoms with E-state index in [0.29, 0.717) is 17.1 Å². The molecule has 0 radical (unpaired) electrons. The summed E-state index contributed by atoms with van der Waals surface area (Å²) in [6.07, 6.45) is 0. The third-order valence-electron chi connectivity index (χ3n) is 3.40. The van der Waals surface area contributed by atoms with Gasteiger partial charge in [0.1, 0.15) is 5.82 Å². The molecule has 0 bridgehead atoms. The fourth-order valence-corrected chi connectivity index (χ4v) is 2.21. The predicted octanol–water partition coefficient (Wildman–Crippen LogP) is 3.48. The van der Waals surface area contributed by atoms with Crippen LogP contribution in [0.5, 0.6) is 0 Å². The number of rotatable bonds is 5. The minimum atomic E-state index is -0.600. The largest absolute Gasteiger partial charge is 0.394 e. The Hall–Kier alpha value is -1.42. The van der Waals surface area contributed by atoms with E-state index in [9.17, 15) is 9.50 Å². The summed E-state index contributed by atoms with van der Waals surface area (Å²) in [7, 11) is 0. The second-order valence-electron chi connectivity index (χ2n) is 4.95. The Morgan fingerprint density at radius 1 is 1.20 bits per heavy atom. The van der Waals surface area contributed by atoms with Crippen molar-refractivity contribution < 1.29 is 9.50 Å². The number of hydrogen-bond acceptors (Lipinski definition) is 2. The van der Waals surface area contributed by atoms with Gasteiger partial charge >= 0.3 is 0 Å². The third-order valence-corrected chi connectivity index (χ3v) is 3.77. The molecular weight excluding hydrogens is 277 g/mol. The molecule has 106 valence electrons. The van der Waals surface area contributed by atoms with Crippen LogP contribution >= 0.6 is 11.6 Å². The van der Waals surface area contributed by atoms with E-state index < -0.39 is 5.54 Å². The molecule has 0 saturated carbocycles. The highest BCUT2D eigenvalue weighted by Crippen LogP contribution is 2.22. The molecule has 0 heterocycles. The topological polar surface area (TPSA) is 32.3 Å². The monoisotopic (exact) mass is 293 g/mol. The normalized spacial score (nSPS) is 14.0. The highest BCUT2D eigenvalue weighted by molar-refractivity contribution is 6.31. The van der Waals surface area contributed by atoms with Gasteiger partial charge in [-0.25, -0.2) is 4.39 Å². The minimum absolute atomic E-state index is 0.0655. The van der Waals surface area contributed by atoms with Gasteiger partial charge < -0.3 is 10.4 Å². The molecule has 2 rings (SSSR count). The van der Waals surface area contributed by atoms with E-state index in [2.05, 4.69) is 5.32 Å². The lowest BCUT2D eigenvalue weighted by Gasteiger charge is -2.29. The van der Waals surface area contributed by atoms with Crippen LogP contribution in [-0.2, 0) is 12.1 Å². The SMILES string of the molecule is CC(CO)(NCc1cc(F)ccc1Cl)c1ccccc1. The van der Waals surface area contributed by atoms with Gasteiger partial charge in [0.25, 0.3) is 0 Å². The highest BCUT2D eigenvalue weighted by atomic mass is 35.5. The summed E-state index contributed by atoms with van der Waals surface area (Å²) in [4.78, 5) is 0. The van der Waals surface area contributed by atoms with Crippen molar-refractivity contribution >= 4 is 11.6 Å². The Kier molecular flexibility index (Phi) is 4.76. The van der Waals surface area contributed by atoms with E-state index in [1.54, 1.807) is 0 Å². The molecule has 0 aliphatic rings. The van der Waals surface area contributed by atoms with E-state index in [4.69, 9.17) is 11.6 Å². The van der Waals surface area contributed by atoms with Crippen LogP contribution in [0.25, 0.3) is 0 Å². The number of aliphatic hydroxyl groups excluding tert-OH is 1. The van der Waals surface area contributed by atoms with Gasteiger partial charge in [0, 0.05) is 11.6 Å². The smallest absolute Gasteiger partial charge is 0.123 e. The van der Waals surface area contributed by atoms with Gasteiger partial charge in [0.05, 0.1) is 12.1 Å². The van der Waals surface area contributed by atoms with Crippen LogP contribution in [0.15, 0.2) is 48.5 Å². The summed E-state index contributed by atoms with van der Waals surface area (Å²) in [5.41, 5.74) is 1.04. The molecule has 0 amide bonds. The van der Waals surface area contributed by atoms with Crippen molar-refractivity contribution in [3.05, 3.63) is 70.5 Å². The molecule has 0 aromatic heterocycles. The Morgan fingerprint density at radius 2 is 1.90 bits per heavy atom. The second kappa shape index (κ2) is 6.35. The highest BCUT2D eigenvalue weighted by Gasteiger charge is 2.25. The van der Waals surface area contributed by atoms with Gasteiger partial charge in [-0.2, -0.15) is 0 Å². The second-order valence-corrected chi connectivity index (χ2v) is 5.35. The lowest BCUT2D eigenvalue weighted by atomic mass is 9.92. The first kappa shape index (κ1) is 15.0. The fraction of sp³-hybridized carbons (Fsp3) is 0.250. The molecule has 0 aliphatic heterocycles. The standard InChI is InChI=1S/C16H17ClFNO/c1-16(11-20,13-5-3-2-4-6-13)19-10-12-9-14(18)7-8-15(12)17/h2-9,19-20H,10-11H2,1H3. The Bertz CT molecular complexity index is 576. The van der Waals surface area contributed by atoms with Crippen LogP contribution in [0.3, 0.4) is 0 Å². The summed E-state index contributed by atoms with van der Waals surface area (Å²) >= 11 is 6.05. The van der Waals surface area contributed by atoms with Crippen molar-refractivity contribution in [3.63, 3.8) is 0 Å². The molecule has 1 unspecified atom stereocenters. The maximum Gasteiger partial charge on any atom is 0.123 e. The van der Waals surface area contributed by atoms with Gasteiger partial charge in [0.15, 0.2) is 0 Å². The maximum absolute atomic E-state index is 13.2. The zero-order valence-electron chi connectivity index (χ0n) is 11.2. The molecular formula is C16H17ClFNO. The van der Waals surface area contributed by atoms with Gasteiger partial charge in [-0.3, -0.25) is 0 Å². The fourth-order valence-electron chi connectivity index (χ4n) is 2.02. The van der Waals surface area contributed by atoms with E-state index >= 15 is 0 Å². The summed E-state index contributed by atoms with van der Waals surface area (Å²) < 4.78 is 13.2. The molecule has 20 heavy (non-hydrogen) atoms. The van der Waals surface area contributed by atoms with Crippen LogP contribution < -0.4 is 5.32 Å². The molecule has 0 saturated heterocycles. The molecule has 1 atom stereocenters. The number of benzene rings is 2. The quantitative estimate of drug-likeness (QED) is 0.885. The lowest BCUT2D eigenvalue weighted by molar-refractivity contribution is 0.173. The number of hydrogen-bond donors (Lipinski definition) is 2. The van der Waals surface area contributed by atoms with Crippen LogP contribution in [0.1, 0.15) is 18.1 Å². The first-order valence-corrected chi connectivity index (χ1v) is 6.78. The summed E-state index contributed by atoms with van der Waals surface area (Å²) in [6.45, 7) is 2.21. The van der Waals surface area contributed by atoms with Gasteiger partial charge in [-0.15, -0.1) is 0 Å². The van der Waals surface area contributed by atoms with Crippen LogP contribution in [0.4, 0.5) is 4.39 Å². The molecule has 4 heteroatoms. The minimum Gasteiger partial charge on any atom is -0.394 e. The molecule has 0 aliphatic carbocycles. The zero-order chi connectivity index (χ0) is 14.6. The van der Waals surface area contributed by atoms with Crippen molar-refractivity contribution in [2.45, 2.75) is 19.0 Å². The van der Waals surface area contributed by atoms with Crippen molar-refractivity contribution in [1.29, 1.82) is 0 Å².